The molecule has 3 unspecified atom stereocenters. The molecule has 216 valence electrons. The first kappa shape index (κ1) is 27.6. The molecular formula is C27H28N3O10P. The minimum atomic E-state index is -4.60. The Labute approximate surface area is 233 Å². The average molecular weight is 586 g/mol. The molecule has 14 heteroatoms. The number of fused-ring (bicyclic) bond motifs is 2. The van der Waals surface area contributed by atoms with Crippen molar-refractivity contribution in [3.63, 3.8) is 0 Å². The molecule has 1 saturated heterocycles. The van der Waals surface area contributed by atoms with Gasteiger partial charge >= 0.3 is 20.0 Å². The van der Waals surface area contributed by atoms with E-state index in [0.29, 0.717) is 28.8 Å². The van der Waals surface area contributed by atoms with Crippen molar-refractivity contribution in [3.05, 3.63) is 92.4 Å². The summed E-state index contributed by atoms with van der Waals surface area (Å²) in [7, 11) is -4.60. The molecule has 0 bridgehead atoms. The largest absolute Gasteiger partial charge is 0.477 e. The Kier molecular flexibility index (Phi) is 7.41. The highest BCUT2D eigenvalue weighted by Crippen LogP contribution is 2.47. The smallest absolute Gasteiger partial charge is 0.440 e. The number of phosphoric ester groups is 1. The van der Waals surface area contributed by atoms with Crippen LogP contribution in [0, 0.1) is 12.8 Å². The molecule has 41 heavy (non-hydrogen) atoms. The van der Waals surface area contributed by atoms with Gasteiger partial charge < -0.3 is 23.6 Å². The second kappa shape index (κ2) is 11.0. The van der Waals surface area contributed by atoms with Crippen LogP contribution in [0.4, 0.5) is 0 Å². The molecule has 2 aromatic heterocycles. The summed E-state index contributed by atoms with van der Waals surface area (Å²) in [5, 5.41) is 4.72. The van der Waals surface area contributed by atoms with Crippen molar-refractivity contribution in [3.8, 4) is 5.75 Å². The second-order valence-corrected chi connectivity index (χ2v) is 11.5. The lowest BCUT2D eigenvalue weighted by molar-refractivity contribution is -0.227. The molecule has 2 aliphatic heterocycles. The lowest BCUT2D eigenvalue weighted by Crippen LogP contribution is -2.40. The van der Waals surface area contributed by atoms with E-state index in [1.54, 1.807) is 18.2 Å². The summed E-state index contributed by atoms with van der Waals surface area (Å²) in [6.45, 7) is 2.08. The predicted molar refractivity (Wildman–Crippen MR) is 143 cm³/mol. The van der Waals surface area contributed by atoms with Gasteiger partial charge in [0.25, 0.3) is 5.56 Å². The minimum Gasteiger partial charge on any atom is -0.440 e. The molecule has 4 aromatic rings. The van der Waals surface area contributed by atoms with Crippen LogP contribution in [0.5, 0.6) is 5.75 Å². The Morgan fingerprint density at radius 3 is 2.83 bits per heavy atom. The van der Waals surface area contributed by atoms with Gasteiger partial charge in [-0.1, -0.05) is 42.4 Å². The topological polar surface area (TPSA) is 153 Å². The molecule has 0 amide bonds. The Hall–Kier alpha value is -3.58. The molecule has 5 atom stereocenters. The zero-order valence-electron chi connectivity index (χ0n) is 22.2. The normalized spacial score (nSPS) is 23.7. The first-order chi connectivity index (χ1) is 19.7. The van der Waals surface area contributed by atoms with Crippen molar-refractivity contribution in [1.82, 2.24) is 14.3 Å². The van der Waals surface area contributed by atoms with Crippen molar-refractivity contribution in [2.75, 3.05) is 6.61 Å². The van der Waals surface area contributed by atoms with Crippen molar-refractivity contribution in [1.29, 1.82) is 0 Å². The number of aryl methyl sites for hydroxylation is 1. The third-order valence-corrected chi connectivity index (χ3v) is 8.12. The van der Waals surface area contributed by atoms with Gasteiger partial charge in [-0.25, -0.2) is 13.9 Å². The zero-order valence-corrected chi connectivity index (χ0v) is 23.1. The number of hydrogen-bond acceptors (Lipinski definition) is 10. The minimum absolute atomic E-state index is 0.0787. The summed E-state index contributed by atoms with van der Waals surface area (Å²) in [5.41, 5.74) is 1.56. The van der Waals surface area contributed by atoms with Gasteiger partial charge in [-0.2, -0.15) is 0 Å². The van der Waals surface area contributed by atoms with E-state index in [2.05, 4.69) is 5.16 Å². The van der Waals surface area contributed by atoms with Crippen molar-refractivity contribution in [2.24, 2.45) is 5.92 Å². The van der Waals surface area contributed by atoms with Crippen LogP contribution in [0.3, 0.4) is 0 Å². The van der Waals surface area contributed by atoms with Gasteiger partial charge in [0.1, 0.15) is 17.7 Å². The fraction of sp³-hybridized carbons (Fsp3) is 0.370. The number of benzene rings is 2. The molecule has 13 nitrogen and oxygen atoms in total. The maximum absolute atomic E-state index is 13.3. The van der Waals surface area contributed by atoms with Gasteiger partial charge in [0.05, 0.1) is 25.9 Å². The quantitative estimate of drug-likeness (QED) is 0.303. The molecular weight excluding hydrogens is 557 g/mol. The third-order valence-electron chi connectivity index (χ3n) is 7.21. The predicted octanol–water partition coefficient (Wildman–Crippen LogP) is 3.46. The van der Waals surface area contributed by atoms with Crippen LogP contribution >= 0.6 is 7.82 Å². The second-order valence-electron chi connectivity index (χ2n) is 10.0. The number of ether oxygens (including phenoxy) is 3. The lowest BCUT2D eigenvalue weighted by atomic mass is 10.0. The number of hydrogen-bond donors (Lipinski definition) is 1. The Balaban J connectivity index is 1.11. The van der Waals surface area contributed by atoms with Gasteiger partial charge in [-0.05, 0) is 37.0 Å². The lowest BCUT2D eigenvalue weighted by Gasteiger charge is -2.28. The Bertz CT molecular complexity index is 1750. The summed E-state index contributed by atoms with van der Waals surface area (Å²) >= 11 is 0. The van der Waals surface area contributed by atoms with Gasteiger partial charge in [-0.15, -0.1) is 0 Å². The van der Waals surface area contributed by atoms with Crippen LogP contribution in [0.15, 0.2) is 68.8 Å². The van der Waals surface area contributed by atoms with E-state index in [9.17, 15) is 19.0 Å². The molecule has 1 N–H and O–H groups in total. The van der Waals surface area contributed by atoms with E-state index in [1.165, 1.54) is 16.8 Å². The van der Waals surface area contributed by atoms with E-state index in [1.807, 2.05) is 38.1 Å². The molecule has 2 aromatic carbocycles. The summed E-state index contributed by atoms with van der Waals surface area (Å²) in [4.78, 5) is 36.2. The van der Waals surface area contributed by atoms with Crippen molar-refractivity contribution >= 4 is 18.8 Å². The highest BCUT2D eigenvalue weighted by atomic mass is 31.2. The first-order valence-electron chi connectivity index (χ1n) is 13.0. The Morgan fingerprint density at radius 2 is 1.98 bits per heavy atom. The van der Waals surface area contributed by atoms with Crippen molar-refractivity contribution < 1.29 is 37.2 Å². The number of aromatic nitrogens is 3. The third kappa shape index (κ3) is 5.65. The molecule has 2 aliphatic rings. The molecule has 6 rings (SSSR count). The summed E-state index contributed by atoms with van der Waals surface area (Å²) in [5.74, 6) is 0.381. The van der Waals surface area contributed by atoms with Gasteiger partial charge in [-0.3, -0.25) is 18.5 Å². The summed E-state index contributed by atoms with van der Waals surface area (Å²) in [6, 6.07) is 14.0. The van der Waals surface area contributed by atoms with E-state index < -0.39 is 37.9 Å². The SMILES string of the molecule is Cc1cccc2c1OC(OP(=O)(O)OCC1O[C@@H](n3ccc(=O)n(Cc4noc5ccccc45)c3=O)C[C@H]1C)OC2. The van der Waals surface area contributed by atoms with Gasteiger partial charge in [0, 0.05) is 23.2 Å². The molecule has 4 heterocycles. The van der Waals surface area contributed by atoms with E-state index in [0.717, 1.165) is 15.7 Å². The van der Waals surface area contributed by atoms with Gasteiger partial charge in [0.2, 0.25) is 0 Å². The summed E-state index contributed by atoms with van der Waals surface area (Å²) < 4.78 is 47.7. The average Bonchev–Trinajstić information content (AvgIpc) is 3.53. The monoisotopic (exact) mass is 585 g/mol. The van der Waals surface area contributed by atoms with Crippen molar-refractivity contribution in [2.45, 2.75) is 52.2 Å². The molecule has 0 radical (unpaired) electrons. The zero-order chi connectivity index (χ0) is 28.7. The van der Waals surface area contributed by atoms with E-state index in [-0.39, 0.29) is 25.7 Å². The number of phosphoric acid groups is 1. The van der Waals surface area contributed by atoms with Crippen LogP contribution in [-0.2, 0) is 36.2 Å². The van der Waals surface area contributed by atoms with Gasteiger partial charge in [0.15, 0.2) is 5.58 Å². The fourth-order valence-corrected chi connectivity index (χ4v) is 5.70. The highest BCUT2D eigenvalue weighted by molar-refractivity contribution is 7.47. The van der Waals surface area contributed by atoms with Crippen LogP contribution < -0.4 is 16.0 Å². The maximum atomic E-state index is 13.3. The van der Waals surface area contributed by atoms with E-state index in [4.69, 9.17) is 27.8 Å². The number of nitrogens with zero attached hydrogens (tertiary/aromatic N) is 3. The fourth-order valence-electron chi connectivity index (χ4n) is 4.98. The molecule has 0 saturated carbocycles. The van der Waals surface area contributed by atoms with E-state index >= 15 is 0 Å². The molecule has 1 fully saturated rings. The van der Waals surface area contributed by atoms with Crippen LogP contribution in [-0.4, -0.2) is 38.4 Å². The van der Waals surface area contributed by atoms with Crippen LogP contribution in [0.25, 0.3) is 11.0 Å². The molecule has 0 spiro atoms. The number of para-hydroxylation sites is 2. The highest BCUT2D eigenvalue weighted by Gasteiger charge is 2.38. The van der Waals surface area contributed by atoms with Crippen LogP contribution in [0.1, 0.15) is 36.4 Å². The van der Waals surface area contributed by atoms with Crippen LogP contribution in [0.2, 0.25) is 0 Å². The maximum Gasteiger partial charge on any atom is 0.477 e. The Morgan fingerprint density at radius 1 is 1.15 bits per heavy atom. The number of rotatable bonds is 8. The first-order valence-corrected chi connectivity index (χ1v) is 14.5. The summed E-state index contributed by atoms with van der Waals surface area (Å²) in [6.07, 6.45) is 0.420. The molecule has 0 aliphatic carbocycles. The standard InChI is InChI=1S/C27H28N3O10P/c1-16-6-5-7-18-14-35-27(38-25(16)18)40-41(33,34)36-15-22-17(2)12-24(37-22)29-11-10-23(31)30(26(29)32)13-20-19-8-3-4-9-21(19)39-28-20/h3-11,17,22,24,27H,12-15H2,1-2H3,(H,33,34)/t17-,22?,24-,27?/m1/s1.